The molecule has 4 nitrogen and oxygen atoms in total. The Balaban J connectivity index is 2.25. The molecule has 0 unspecified atom stereocenters. The van der Waals surface area contributed by atoms with Crippen LogP contribution in [0, 0.1) is 0 Å². The highest BCUT2D eigenvalue weighted by molar-refractivity contribution is 6.06. The van der Waals surface area contributed by atoms with Crippen molar-refractivity contribution < 1.29 is 4.79 Å². The number of aromatic nitrogens is 1. The molecule has 0 saturated heterocycles. The first-order chi connectivity index (χ1) is 10.3. The van der Waals surface area contributed by atoms with Crippen molar-refractivity contribution >= 4 is 22.6 Å². The number of benzene rings is 1. The fourth-order valence-electron chi connectivity index (χ4n) is 2.31. The zero-order valence-corrected chi connectivity index (χ0v) is 12.8. The van der Waals surface area contributed by atoms with Gasteiger partial charge in [-0.15, -0.1) is 0 Å². The summed E-state index contributed by atoms with van der Waals surface area (Å²) in [5.74, 6) is 0.721. The fourth-order valence-corrected chi connectivity index (χ4v) is 2.31. The molecule has 1 amide bonds. The third-order valence-electron chi connectivity index (χ3n) is 3.38. The number of hydrogen-bond donors (Lipinski definition) is 2. The number of nitrogens with zero attached hydrogens (tertiary/aromatic N) is 1. The van der Waals surface area contributed by atoms with Crippen molar-refractivity contribution in [1.82, 2.24) is 10.3 Å². The van der Waals surface area contributed by atoms with Crippen LogP contribution in [0.2, 0.25) is 0 Å². The standard InChI is InChI=1S/C17H23N3O/c1-3-5-8-11-19-17(21)14-12-16(18-4-2)20-15-10-7-6-9-13(14)15/h6-7,9-10,12H,3-5,8,11H2,1-2H3,(H,18,20)(H,19,21). The minimum absolute atomic E-state index is 0.0242. The normalized spacial score (nSPS) is 10.6. The molecule has 2 N–H and O–H groups in total. The molecule has 0 saturated carbocycles. The summed E-state index contributed by atoms with van der Waals surface area (Å²) in [6, 6.07) is 9.59. The van der Waals surface area contributed by atoms with E-state index in [1.54, 1.807) is 0 Å². The smallest absolute Gasteiger partial charge is 0.252 e. The van der Waals surface area contributed by atoms with E-state index in [2.05, 4.69) is 22.5 Å². The van der Waals surface area contributed by atoms with E-state index in [-0.39, 0.29) is 5.91 Å². The van der Waals surface area contributed by atoms with Crippen LogP contribution in [0.1, 0.15) is 43.5 Å². The molecular weight excluding hydrogens is 262 g/mol. The summed E-state index contributed by atoms with van der Waals surface area (Å²) in [5.41, 5.74) is 1.53. The molecule has 0 aliphatic rings. The van der Waals surface area contributed by atoms with Crippen LogP contribution in [0.5, 0.6) is 0 Å². The van der Waals surface area contributed by atoms with E-state index < -0.39 is 0 Å². The summed E-state index contributed by atoms with van der Waals surface area (Å²) < 4.78 is 0. The highest BCUT2D eigenvalue weighted by atomic mass is 16.1. The maximum Gasteiger partial charge on any atom is 0.252 e. The van der Waals surface area contributed by atoms with E-state index >= 15 is 0 Å². The lowest BCUT2D eigenvalue weighted by molar-refractivity contribution is 0.0954. The topological polar surface area (TPSA) is 54.0 Å². The fraction of sp³-hybridized carbons (Fsp3) is 0.412. The van der Waals surface area contributed by atoms with Gasteiger partial charge < -0.3 is 10.6 Å². The number of fused-ring (bicyclic) bond motifs is 1. The third-order valence-corrected chi connectivity index (χ3v) is 3.38. The summed E-state index contributed by atoms with van der Waals surface area (Å²) in [6.45, 7) is 5.67. The lowest BCUT2D eigenvalue weighted by atomic mass is 10.1. The Kier molecular flexibility index (Phi) is 5.55. The number of para-hydroxylation sites is 1. The SMILES string of the molecule is CCCCCNC(=O)c1cc(NCC)nc2ccccc12. The Morgan fingerprint density at radius 1 is 1.19 bits per heavy atom. The van der Waals surface area contributed by atoms with Gasteiger partial charge in [-0.3, -0.25) is 4.79 Å². The minimum Gasteiger partial charge on any atom is -0.370 e. The van der Waals surface area contributed by atoms with E-state index in [0.717, 1.165) is 49.1 Å². The van der Waals surface area contributed by atoms with Gasteiger partial charge in [-0.2, -0.15) is 0 Å². The van der Waals surface area contributed by atoms with Crippen LogP contribution in [0.15, 0.2) is 30.3 Å². The van der Waals surface area contributed by atoms with Crippen LogP contribution < -0.4 is 10.6 Å². The van der Waals surface area contributed by atoms with Crippen LogP contribution in [-0.4, -0.2) is 24.0 Å². The first kappa shape index (κ1) is 15.3. The van der Waals surface area contributed by atoms with E-state index in [9.17, 15) is 4.79 Å². The lowest BCUT2D eigenvalue weighted by Gasteiger charge is -2.10. The highest BCUT2D eigenvalue weighted by Crippen LogP contribution is 2.20. The maximum atomic E-state index is 12.4. The molecule has 21 heavy (non-hydrogen) atoms. The van der Waals surface area contributed by atoms with Crippen LogP contribution in [0.3, 0.4) is 0 Å². The number of unbranched alkanes of at least 4 members (excludes halogenated alkanes) is 2. The predicted octanol–water partition coefficient (Wildman–Crippen LogP) is 3.59. The van der Waals surface area contributed by atoms with Crippen LogP contribution in [0.4, 0.5) is 5.82 Å². The molecule has 0 radical (unpaired) electrons. The van der Waals surface area contributed by atoms with Gasteiger partial charge in [0.25, 0.3) is 5.91 Å². The van der Waals surface area contributed by atoms with Gasteiger partial charge in [-0.05, 0) is 25.5 Å². The number of carbonyl (C=O) groups excluding carboxylic acids is 1. The second-order valence-corrected chi connectivity index (χ2v) is 5.07. The number of nitrogens with one attached hydrogen (secondary N) is 2. The third kappa shape index (κ3) is 3.94. The molecule has 0 fully saturated rings. The van der Waals surface area contributed by atoms with Crippen LogP contribution in [-0.2, 0) is 0 Å². The number of anilines is 1. The molecule has 4 heteroatoms. The maximum absolute atomic E-state index is 12.4. The number of amides is 1. The van der Waals surface area contributed by atoms with Crippen LogP contribution >= 0.6 is 0 Å². The number of carbonyl (C=O) groups is 1. The molecule has 1 heterocycles. The quantitative estimate of drug-likeness (QED) is 0.764. The first-order valence-corrected chi connectivity index (χ1v) is 7.68. The van der Waals surface area contributed by atoms with Crippen molar-refractivity contribution in [1.29, 1.82) is 0 Å². The van der Waals surface area contributed by atoms with E-state index in [4.69, 9.17) is 0 Å². The van der Waals surface area contributed by atoms with Crippen molar-refractivity contribution in [3.05, 3.63) is 35.9 Å². The van der Waals surface area contributed by atoms with Gasteiger partial charge in [0.1, 0.15) is 5.82 Å². The lowest BCUT2D eigenvalue weighted by Crippen LogP contribution is -2.25. The van der Waals surface area contributed by atoms with E-state index in [0.29, 0.717) is 5.56 Å². The molecule has 0 aliphatic heterocycles. The Morgan fingerprint density at radius 3 is 2.76 bits per heavy atom. The largest absolute Gasteiger partial charge is 0.370 e. The second kappa shape index (κ2) is 7.62. The molecule has 2 rings (SSSR count). The molecule has 112 valence electrons. The van der Waals surface area contributed by atoms with Crippen molar-refractivity contribution in [2.75, 3.05) is 18.4 Å². The summed E-state index contributed by atoms with van der Waals surface area (Å²) in [5, 5.41) is 7.08. The molecule has 2 aromatic rings. The Morgan fingerprint density at radius 2 is 2.00 bits per heavy atom. The van der Waals surface area contributed by atoms with Crippen molar-refractivity contribution in [3.63, 3.8) is 0 Å². The zero-order valence-electron chi connectivity index (χ0n) is 12.8. The molecule has 0 aliphatic carbocycles. The van der Waals surface area contributed by atoms with Gasteiger partial charge in [-0.1, -0.05) is 38.0 Å². The van der Waals surface area contributed by atoms with E-state index in [1.165, 1.54) is 0 Å². The summed E-state index contributed by atoms with van der Waals surface area (Å²) in [6.07, 6.45) is 3.31. The van der Waals surface area contributed by atoms with Crippen molar-refractivity contribution in [3.8, 4) is 0 Å². The summed E-state index contributed by atoms with van der Waals surface area (Å²) in [7, 11) is 0. The molecule has 1 aromatic carbocycles. The van der Waals surface area contributed by atoms with E-state index in [1.807, 2.05) is 37.3 Å². The number of pyridine rings is 1. The molecular formula is C17H23N3O. The van der Waals surface area contributed by atoms with Gasteiger partial charge in [-0.25, -0.2) is 4.98 Å². The Labute approximate surface area is 126 Å². The molecule has 1 aromatic heterocycles. The monoisotopic (exact) mass is 285 g/mol. The predicted molar refractivity (Wildman–Crippen MR) is 87.8 cm³/mol. The zero-order chi connectivity index (χ0) is 15.1. The van der Waals surface area contributed by atoms with Gasteiger partial charge in [0.15, 0.2) is 0 Å². The average Bonchev–Trinajstić information content (AvgIpc) is 2.51. The Bertz CT molecular complexity index is 610. The number of rotatable bonds is 7. The van der Waals surface area contributed by atoms with Gasteiger partial charge in [0.05, 0.1) is 11.1 Å². The summed E-state index contributed by atoms with van der Waals surface area (Å²) in [4.78, 5) is 16.9. The summed E-state index contributed by atoms with van der Waals surface area (Å²) >= 11 is 0. The second-order valence-electron chi connectivity index (χ2n) is 5.07. The average molecular weight is 285 g/mol. The van der Waals surface area contributed by atoms with Gasteiger partial charge >= 0.3 is 0 Å². The molecule has 0 bridgehead atoms. The highest BCUT2D eigenvalue weighted by Gasteiger charge is 2.12. The van der Waals surface area contributed by atoms with Crippen molar-refractivity contribution in [2.45, 2.75) is 33.1 Å². The van der Waals surface area contributed by atoms with Gasteiger partial charge in [0, 0.05) is 18.5 Å². The molecule has 0 spiro atoms. The Hall–Kier alpha value is -2.10. The van der Waals surface area contributed by atoms with Crippen molar-refractivity contribution in [2.24, 2.45) is 0 Å². The number of hydrogen-bond acceptors (Lipinski definition) is 3. The first-order valence-electron chi connectivity index (χ1n) is 7.68. The minimum atomic E-state index is -0.0242. The molecule has 0 atom stereocenters. The van der Waals surface area contributed by atoms with Crippen LogP contribution in [0.25, 0.3) is 10.9 Å². The van der Waals surface area contributed by atoms with Gasteiger partial charge in [0.2, 0.25) is 0 Å².